The van der Waals surface area contributed by atoms with Crippen LogP contribution in [-0.2, 0) is 32.7 Å². The van der Waals surface area contributed by atoms with E-state index in [-0.39, 0.29) is 35.9 Å². The first kappa shape index (κ1) is 21.6. The fourth-order valence-corrected chi connectivity index (χ4v) is 4.76. The van der Waals surface area contributed by atoms with Crippen molar-refractivity contribution in [2.75, 3.05) is 12.0 Å². The maximum absolute atomic E-state index is 14.3. The number of esters is 1. The first-order valence-electron chi connectivity index (χ1n) is 10.3. The second kappa shape index (κ2) is 7.93. The largest absolute Gasteiger partial charge is 0.469 e. The van der Waals surface area contributed by atoms with Crippen molar-refractivity contribution in [3.63, 3.8) is 0 Å². The third-order valence-electron chi connectivity index (χ3n) is 6.09. The molecule has 1 amide bonds. The number of benzene rings is 2. The van der Waals surface area contributed by atoms with Crippen LogP contribution in [0.2, 0.25) is 5.02 Å². The molecule has 0 saturated heterocycles. The summed E-state index contributed by atoms with van der Waals surface area (Å²) in [5, 5.41) is 17.6. The Kier molecular flexibility index (Phi) is 5.03. The van der Waals surface area contributed by atoms with Crippen molar-refractivity contribution in [1.29, 1.82) is 5.26 Å². The highest BCUT2D eigenvalue weighted by Crippen LogP contribution is 2.56. The van der Waals surface area contributed by atoms with E-state index in [4.69, 9.17) is 26.8 Å². The second-order valence-corrected chi connectivity index (χ2v) is 8.31. The van der Waals surface area contributed by atoms with Crippen molar-refractivity contribution >= 4 is 29.2 Å². The number of rotatable bonds is 4. The van der Waals surface area contributed by atoms with E-state index in [1.807, 2.05) is 18.2 Å². The van der Waals surface area contributed by atoms with Gasteiger partial charge in [-0.05, 0) is 23.8 Å². The van der Waals surface area contributed by atoms with Gasteiger partial charge in [0.15, 0.2) is 0 Å². The number of nitrogens with one attached hydrogen (secondary N) is 1. The molecule has 2 aliphatic heterocycles. The van der Waals surface area contributed by atoms with Gasteiger partial charge in [0, 0.05) is 16.3 Å². The minimum Gasteiger partial charge on any atom is -0.469 e. The van der Waals surface area contributed by atoms with Gasteiger partial charge in [0.1, 0.15) is 17.1 Å². The number of nitrogens with zero attached hydrogens (tertiary/aromatic N) is 3. The van der Waals surface area contributed by atoms with Gasteiger partial charge in [0.2, 0.25) is 17.7 Å². The van der Waals surface area contributed by atoms with Gasteiger partial charge in [-0.2, -0.15) is 5.26 Å². The van der Waals surface area contributed by atoms with E-state index in [9.17, 15) is 14.9 Å². The first-order chi connectivity index (χ1) is 16.4. The van der Waals surface area contributed by atoms with Crippen molar-refractivity contribution < 1.29 is 19.1 Å². The Hall–Kier alpha value is -4.29. The molecule has 10 heteroatoms. The summed E-state index contributed by atoms with van der Waals surface area (Å²) in [6.45, 7) is 0.230. The molecule has 3 heterocycles. The third kappa shape index (κ3) is 2.96. The molecule has 2 aliphatic rings. The third-order valence-corrected chi connectivity index (χ3v) is 6.34. The molecule has 170 valence electrons. The highest BCUT2D eigenvalue weighted by Gasteiger charge is 2.61. The summed E-state index contributed by atoms with van der Waals surface area (Å²) in [5.74, 6) is -1.13. The Morgan fingerprint density at radius 2 is 2.03 bits per heavy atom. The van der Waals surface area contributed by atoms with E-state index in [0.717, 1.165) is 5.56 Å². The average molecular weight is 476 g/mol. The molecule has 0 unspecified atom stereocenters. The van der Waals surface area contributed by atoms with Crippen molar-refractivity contribution in [1.82, 2.24) is 10.2 Å². The molecule has 0 fully saturated rings. The number of aromatic amines is 1. The van der Waals surface area contributed by atoms with Gasteiger partial charge in [0.05, 0.1) is 31.3 Å². The molecule has 1 atom stereocenters. The van der Waals surface area contributed by atoms with E-state index in [1.54, 1.807) is 35.2 Å². The fourth-order valence-electron chi connectivity index (χ4n) is 4.63. The first-order valence-corrected chi connectivity index (χ1v) is 10.7. The van der Waals surface area contributed by atoms with Crippen LogP contribution in [0.25, 0.3) is 0 Å². The Morgan fingerprint density at radius 3 is 2.74 bits per heavy atom. The van der Waals surface area contributed by atoms with E-state index in [0.29, 0.717) is 22.0 Å². The molecule has 34 heavy (non-hydrogen) atoms. The number of ether oxygens (including phenoxy) is 2. The number of aromatic nitrogens is 2. The fraction of sp³-hybridized carbons (Fsp3) is 0.167. The number of H-pyrrole nitrogens is 1. The van der Waals surface area contributed by atoms with Crippen LogP contribution < -0.4 is 15.4 Å². The molecule has 3 N–H and O–H groups in total. The van der Waals surface area contributed by atoms with E-state index < -0.39 is 17.3 Å². The van der Waals surface area contributed by atoms with Gasteiger partial charge in [-0.1, -0.05) is 41.9 Å². The zero-order valence-corrected chi connectivity index (χ0v) is 18.7. The molecule has 9 nitrogen and oxygen atoms in total. The van der Waals surface area contributed by atoms with Gasteiger partial charge < -0.3 is 20.1 Å². The van der Waals surface area contributed by atoms with Crippen LogP contribution in [0.5, 0.6) is 5.88 Å². The predicted octanol–water partition coefficient (Wildman–Crippen LogP) is 2.70. The number of halogens is 1. The summed E-state index contributed by atoms with van der Waals surface area (Å²) in [6.07, 6.45) is -0.199. The van der Waals surface area contributed by atoms with Gasteiger partial charge in [-0.15, -0.1) is 5.10 Å². The van der Waals surface area contributed by atoms with Crippen molar-refractivity contribution in [2.24, 2.45) is 5.73 Å². The molecular weight excluding hydrogens is 458 g/mol. The van der Waals surface area contributed by atoms with Gasteiger partial charge >= 0.3 is 5.97 Å². The number of fused-ring (bicyclic) bond motifs is 4. The van der Waals surface area contributed by atoms with Gasteiger partial charge in [0.25, 0.3) is 0 Å². The summed E-state index contributed by atoms with van der Waals surface area (Å²) in [7, 11) is 1.26. The predicted molar refractivity (Wildman–Crippen MR) is 122 cm³/mol. The topological polar surface area (TPSA) is 134 Å². The van der Waals surface area contributed by atoms with Crippen molar-refractivity contribution in [3.05, 3.63) is 87.4 Å². The lowest BCUT2D eigenvalue weighted by atomic mass is 9.68. The Balaban J connectivity index is 1.75. The maximum atomic E-state index is 14.3. The summed E-state index contributed by atoms with van der Waals surface area (Å²) in [5.41, 5.74) is 7.02. The molecule has 0 bridgehead atoms. The smallest absolute Gasteiger partial charge is 0.311 e. The van der Waals surface area contributed by atoms with Crippen LogP contribution in [0.3, 0.4) is 0 Å². The molecule has 0 aliphatic carbocycles. The zero-order chi connectivity index (χ0) is 24.0. The average Bonchev–Trinajstić information content (AvgIpc) is 3.33. The van der Waals surface area contributed by atoms with Crippen molar-refractivity contribution in [3.8, 4) is 11.9 Å². The monoisotopic (exact) mass is 475 g/mol. The summed E-state index contributed by atoms with van der Waals surface area (Å²) >= 11 is 6.02. The lowest BCUT2D eigenvalue weighted by molar-refractivity contribution is -0.139. The number of para-hydroxylation sites is 1. The standard InChI is InChI=1S/C24H18ClN5O4/c1-33-19(31)10-17-20-22(29-28-17)34-21(27)16(11-26)24(20)15-4-2-3-5-18(15)30(23(24)32)12-13-6-8-14(25)9-7-13/h2-9H,10,12,27H2,1H3,(H,28,29)/t24-/m0/s1. The molecule has 5 rings (SSSR count). The number of hydrogen-bond donors (Lipinski definition) is 2. The van der Waals surface area contributed by atoms with Crippen LogP contribution in [-0.4, -0.2) is 29.2 Å². The molecule has 1 spiro atoms. The van der Waals surface area contributed by atoms with Gasteiger partial charge in [-0.25, -0.2) is 0 Å². The van der Waals surface area contributed by atoms with E-state index >= 15 is 0 Å². The molecule has 3 aromatic rings. The van der Waals surface area contributed by atoms with E-state index in [1.165, 1.54) is 7.11 Å². The van der Waals surface area contributed by atoms with E-state index in [2.05, 4.69) is 16.3 Å². The highest BCUT2D eigenvalue weighted by atomic mass is 35.5. The number of hydrogen-bond acceptors (Lipinski definition) is 7. The van der Waals surface area contributed by atoms with Crippen LogP contribution in [0.1, 0.15) is 22.4 Å². The number of methoxy groups -OCH3 is 1. The number of carbonyl (C=O) groups excluding carboxylic acids is 2. The Labute approximate surface area is 199 Å². The summed E-state index contributed by atoms with van der Waals surface area (Å²) in [6, 6.07) is 16.4. The zero-order valence-electron chi connectivity index (χ0n) is 18.0. The second-order valence-electron chi connectivity index (χ2n) is 7.87. The number of carbonyl (C=O) groups is 2. The SMILES string of the molecule is COC(=O)Cc1[nH]nc2c1[C@@]1(C(=O)N(Cc3ccc(Cl)cc3)c3ccccc31)C(C#N)=C(N)O2. The van der Waals surface area contributed by atoms with Crippen LogP contribution in [0, 0.1) is 11.3 Å². The summed E-state index contributed by atoms with van der Waals surface area (Å²) < 4.78 is 10.4. The number of anilines is 1. The van der Waals surface area contributed by atoms with Crippen LogP contribution >= 0.6 is 11.6 Å². The normalized spacial score (nSPS) is 18.4. The number of amides is 1. The highest BCUT2D eigenvalue weighted by molar-refractivity contribution is 6.30. The summed E-state index contributed by atoms with van der Waals surface area (Å²) in [4.78, 5) is 28.1. The maximum Gasteiger partial charge on any atom is 0.311 e. The van der Waals surface area contributed by atoms with Crippen LogP contribution in [0.4, 0.5) is 5.69 Å². The molecule has 0 saturated carbocycles. The lowest BCUT2D eigenvalue weighted by Crippen LogP contribution is -2.46. The molecule has 1 aromatic heterocycles. The number of nitrogens with two attached hydrogens (primary N) is 1. The molecular formula is C24H18ClN5O4. The minimum atomic E-state index is -1.63. The number of nitriles is 1. The Morgan fingerprint density at radius 1 is 1.29 bits per heavy atom. The van der Waals surface area contributed by atoms with Crippen molar-refractivity contribution in [2.45, 2.75) is 18.4 Å². The van der Waals surface area contributed by atoms with Crippen LogP contribution in [0.15, 0.2) is 60.0 Å². The molecule has 2 aromatic carbocycles. The molecule has 0 radical (unpaired) electrons. The quantitative estimate of drug-likeness (QED) is 0.554. The van der Waals surface area contributed by atoms with Gasteiger partial charge in [-0.3, -0.25) is 14.7 Å². The lowest BCUT2D eigenvalue weighted by Gasteiger charge is -2.32. The Bertz CT molecular complexity index is 1410. The minimum absolute atomic E-state index is 0.0342.